The summed E-state index contributed by atoms with van der Waals surface area (Å²) in [5.74, 6) is 0.763. The Morgan fingerprint density at radius 3 is 2.56 bits per heavy atom. The second kappa shape index (κ2) is 7.55. The zero-order chi connectivity index (χ0) is 18.6. The van der Waals surface area contributed by atoms with Crippen LogP contribution in [0, 0.1) is 0 Å². The molecule has 0 radical (unpaired) electrons. The summed E-state index contributed by atoms with van der Waals surface area (Å²) in [7, 11) is 1.63. The fraction of sp³-hybridized carbons (Fsp3) is 0.0952. The fourth-order valence-corrected chi connectivity index (χ4v) is 3.73. The summed E-state index contributed by atoms with van der Waals surface area (Å²) in [6.45, 7) is 0.454. The van der Waals surface area contributed by atoms with E-state index in [4.69, 9.17) is 9.73 Å². The van der Waals surface area contributed by atoms with Crippen LogP contribution < -0.4 is 15.1 Å². The van der Waals surface area contributed by atoms with E-state index in [1.54, 1.807) is 30.0 Å². The van der Waals surface area contributed by atoms with Gasteiger partial charge in [-0.1, -0.05) is 41.7 Å². The Bertz CT molecular complexity index is 1200. The van der Waals surface area contributed by atoms with E-state index in [0.717, 1.165) is 17.0 Å². The van der Waals surface area contributed by atoms with E-state index < -0.39 is 0 Å². The molecule has 0 bridgehead atoms. The molecule has 2 aromatic heterocycles. The number of nitrogens with zero attached hydrogens (tertiary/aromatic N) is 3. The lowest BCUT2D eigenvalue weighted by molar-refractivity contribution is 0.415. The average molecular weight is 375 g/mol. The third-order valence-corrected chi connectivity index (χ3v) is 5.16. The van der Waals surface area contributed by atoms with Gasteiger partial charge in [-0.15, -0.1) is 0 Å². The van der Waals surface area contributed by atoms with Crippen molar-refractivity contribution in [3.05, 3.63) is 93.6 Å². The summed E-state index contributed by atoms with van der Waals surface area (Å²) in [6, 6.07) is 20.9. The van der Waals surface area contributed by atoms with Crippen molar-refractivity contribution in [2.75, 3.05) is 7.11 Å². The molecule has 5 nitrogen and oxygen atoms in total. The van der Waals surface area contributed by atoms with Gasteiger partial charge >= 0.3 is 0 Å². The van der Waals surface area contributed by atoms with E-state index in [2.05, 4.69) is 4.98 Å². The molecule has 0 atom stereocenters. The van der Waals surface area contributed by atoms with Crippen LogP contribution in [0.4, 0.5) is 5.69 Å². The number of methoxy groups -OCH3 is 1. The van der Waals surface area contributed by atoms with Crippen LogP contribution in [0.25, 0.3) is 10.2 Å². The lowest BCUT2D eigenvalue weighted by Crippen LogP contribution is -2.32. The first-order valence-corrected chi connectivity index (χ1v) is 9.27. The number of hydrogen-bond acceptors (Lipinski definition) is 5. The zero-order valence-electron chi connectivity index (χ0n) is 14.7. The maximum Gasteiger partial charge on any atom is 0.263 e. The lowest BCUT2D eigenvalue weighted by atomic mass is 10.2. The van der Waals surface area contributed by atoms with E-state index in [1.807, 2.05) is 54.6 Å². The Hall–Kier alpha value is -3.25. The van der Waals surface area contributed by atoms with E-state index >= 15 is 0 Å². The summed E-state index contributed by atoms with van der Waals surface area (Å²) in [6.07, 6.45) is 1.69. The van der Waals surface area contributed by atoms with Crippen molar-refractivity contribution in [1.82, 2.24) is 9.55 Å². The van der Waals surface area contributed by atoms with Gasteiger partial charge in [-0.05, 0) is 42.0 Å². The van der Waals surface area contributed by atoms with Crippen LogP contribution in [0.2, 0.25) is 0 Å². The highest BCUT2D eigenvalue weighted by Crippen LogP contribution is 2.17. The summed E-state index contributed by atoms with van der Waals surface area (Å²) in [5, 5.41) is 0.604. The van der Waals surface area contributed by atoms with Crippen molar-refractivity contribution in [3.8, 4) is 5.75 Å². The first kappa shape index (κ1) is 17.2. The van der Waals surface area contributed by atoms with Crippen LogP contribution >= 0.6 is 11.3 Å². The van der Waals surface area contributed by atoms with Crippen molar-refractivity contribution < 1.29 is 4.74 Å². The van der Waals surface area contributed by atoms with Crippen molar-refractivity contribution in [2.45, 2.75) is 6.54 Å². The average Bonchev–Trinajstić information content (AvgIpc) is 2.72. The Morgan fingerprint density at radius 1 is 1.04 bits per heavy atom. The minimum atomic E-state index is -0.0898. The smallest absolute Gasteiger partial charge is 0.263 e. The highest BCUT2D eigenvalue weighted by molar-refractivity contribution is 7.15. The number of fused-ring (bicyclic) bond motifs is 1. The van der Waals surface area contributed by atoms with Crippen molar-refractivity contribution in [2.24, 2.45) is 4.99 Å². The number of hydrogen-bond donors (Lipinski definition) is 0. The Kier molecular flexibility index (Phi) is 4.80. The molecule has 0 N–H and O–H groups in total. The van der Waals surface area contributed by atoms with Crippen LogP contribution in [-0.4, -0.2) is 16.7 Å². The van der Waals surface area contributed by atoms with Gasteiger partial charge < -0.3 is 4.74 Å². The normalized spacial score (nSPS) is 11.7. The summed E-state index contributed by atoms with van der Waals surface area (Å²) >= 11 is 1.41. The molecule has 6 heteroatoms. The van der Waals surface area contributed by atoms with Gasteiger partial charge in [-0.3, -0.25) is 9.36 Å². The molecule has 0 saturated heterocycles. The third kappa shape index (κ3) is 3.66. The van der Waals surface area contributed by atoms with Gasteiger partial charge in [0.2, 0.25) is 0 Å². The molecule has 0 saturated carbocycles. The molecule has 134 valence electrons. The quantitative estimate of drug-likeness (QED) is 0.546. The summed E-state index contributed by atoms with van der Waals surface area (Å²) in [5.41, 5.74) is 1.71. The molecule has 0 spiro atoms. The fourth-order valence-electron chi connectivity index (χ4n) is 2.76. The predicted octanol–water partition coefficient (Wildman–Crippen LogP) is 3.75. The lowest BCUT2D eigenvalue weighted by Gasteiger charge is -2.08. The zero-order valence-corrected chi connectivity index (χ0v) is 15.5. The number of aromatic nitrogens is 2. The van der Waals surface area contributed by atoms with Crippen LogP contribution in [0.5, 0.6) is 5.75 Å². The molecular formula is C21H17N3O2S. The maximum absolute atomic E-state index is 13.1. The Labute approximate surface area is 159 Å². The highest BCUT2D eigenvalue weighted by atomic mass is 32.1. The molecule has 0 amide bonds. The molecule has 0 unspecified atom stereocenters. The second-order valence-corrected chi connectivity index (χ2v) is 6.88. The first-order valence-electron chi connectivity index (χ1n) is 8.46. The molecule has 4 aromatic rings. The van der Waals surface area contributed by atoms with E-state index in [9.17, 15) is 4.79 Å². The van der Waals surface area contributed by atoms with Crippen molar-refractivity contribution in [1.29, 1.82) is 0 Å². The molecule has 0 aliphatic heterocycles. The minimum absolute atomic E-state index is 0.0898. The molecule has 0 aliphatic carbocycles. The van der Waals surface area contributed by atoms with Gasteiger partial charge in [-0.25, -0.2) is 9.98 Å². The van der Waals surface area contributed by atoms with E-state index in [0.29, 0.717) is 21.6 Å². The summed E-state index contributed by atoms with van der Waals surface area (Å²) in [4.78, 5) is 23.4. The number of pyridine rings is 1. The van der Waals surface area contributed by atoms with Gasteiger partial charge in [0.1, 0.15) is 10.6 Å². The van der Waals surface area contributed by atoms with Gasteiger partial charge in [0.25, 0.3) is 5.56 Å². The largest absolute Gasteiger partial charge is 0.497 e. The van der Waals surface area contributed by atoms with Crippen LogP contribution in [-0.2, 0) is 6.54 Å². The van der Waals surface area contributed by atoms with Gasteiger partial charge in [0, 0.05) is 6.20 Å². The first-order chi connectivity index (χ1) is 13.2. The van der Waals surface area contributed by atoms with Crippen molar-refractivity contribution in [3.63, 3.8) is 0 Å². The SMILES string of the molecule is COc1ccc(N=c2sc3ncccc3c(=O)n2Cc2ccccc2)cc1. The highest BCUT2D eigenvalue weighted by Gasteiger charge is 2.08. The molecule has 2 aromatic carbocycles. The molecular weight excluding hydrogens is 358 g/mol. The molecule has 0 aliphatic rings. The number of rotatable bonds is 4. The van der Waals surface area contributed by atoms with Crippen LogP contribution in [0.15, 0.2) is 82.7 Å². The van der Waals surface area contributed by atoms with Gasteiger partial charge in [-0.2, -0.15) is 0 Å². The van der Waals surface area contributed by atoms with Crippen LogP contribution in [0.3, 0.4) is 0 Å². The van der Waals surface area contributed by atoms with E-state index in [1.165, 1.54) is 11.3 Å². The standard InChI is InChI=1S/C21H17N3O2S/c1-26-17-11-9-16(10-12-17)23-21-24(14-15-6-3-2-4-7-15)20(25)18-8-5-13-22-19(18)27-21/h2-13H,14H2,1H3. The van der Waals surface area contributed by atoms with E-state index in [-0.39, 0.29) is 5.56 Å². The number of ether oxygens (including phenoxy) is 1. The second-order valence-electron chi connectivity index (χ2n) is 5.93. The Morgan fingerprint density at radius 2 is 1.81 bits per heavy atom. The topological polar surface area (TPSA) is 56.5 Å². The van der Waals surface area contributed by atoms with Crippen LogP contribution in [0.1, 0.15) is 5.56 Å². The number of benzene rings is 2. The molecule has 0 fully saturated rings. The van der Waals surface area contributed by atoms with Gasteiger partial charge in [0.05, 0.1) is 24.7 Å². The minimum Gasteiger partial charge on any atom is -0.497 e. The monoisotopic (exact) mass is 375 g/mol. The molecule has 2 heterocycles. The summed E-state index contributed by atoms with van der Waals surface area (Å²) < 4.78 is 6.90. The Balaban J connectivity index is 1.92. The molecule has 4 rings (SSSR count). The maximum atomic E-state index is 13.1. The molecule has 27 heavy (non-hydrogen) atoms. The van der Waals surface area contributed by atoms with Crippen molar-refractivity contribution >= 4 is 27.2 Å². The predicted molar refractivity (Wildman–Crippen MR) is 108 cm³/mol. The van der Waals surface area contributed by atoms with Gasteiger partial charge in [0.15, 0.2) is 4.80 Å². The third-order valence-electron chi connectivity index (χ3n) is 4.15.